The third-order valence-electron chi connectivity index (χ3n) is 2.21. The highest BCUT2D eigenvalue weighted by Gasteiger charge is 2.12. The normalized spacial score (nSPS) is 10.2. The molecule has 3 nitrogen and oxygen atoms in total. The molecule has 0 aliphatic heterocycles. The quantitative estimate of drug-likeness (QED) is 0.717. The van der Waals surface area contributed by atoms with Crippen LogP contribution in [0.5, 0.6) is 0 Å². The molecule has 0 amide bonds. The summed E-state index contributed by atoms with van der Waals surface area (Å²) in [5, 5.41) is 0. The predicted molar refractivity (Wildman–Crippen MR) is 56.6 cm³/mol. The maximum Gasteiger partial charge on any atom is 0.226 e. The molecule has 0 bridgehead atoms. The summed E-state index contributed by atoms with van der Waals surface area (Å²) >= 11 is 0. The van der Waals surface area contributed by atoms with Gasteiger partial charge in [-0.2, -0.15) is 0 Å². The van der Waals surface area contributed by atoms with Gasteiger partial charge in [-0.15, -0.1) is 0 Å². The molecular formula is C12H11NO2. The summed E-state index contributed by atoms with van der Waals surface area (Å²) in [6.07, 6.45) is 3.56. The van der Waals surface area contributed by atoms with E-state index < -0.39 is 0 Å². The van der Waals surface area contributed by atoms with Crippen LogP contribution in [-0.2, 0) is 0 Å². The Kier molecular flexibility index (Phi) is 2.63. The molecule has 0 saturated heterocycles. The fraction of sp³-hybridized carbons (Fsp3) is 0.167. The van der Waals surface area contributed by atoms with E-state index in [1.807, 2.05) is 25.1 Å². The fourth-order valence-electron chi connectivity index (χ4n) is 1.46. The van der Waals surface area contributed by atoms with Crippen LogP contribution in [0.25, 0.3) is 11.5 Å². The fourth-order valence-corrected chi connectivity index (χ4v) is 1.46. The molecule has 0 fully saturated rings. The summed E-state index contributed by atoms with van der Waals surface area (Å²) in [6, 6.07) is 7.35. The largest absolute Gasteiger partial charge is 0.445 e. The highest BCUT2D eigenvalue weighted by Crippen LogP contribution is 2.22. The predicted octanol–water partition coefficient (Wildman–Crippen LogP) is 2.93. The molecule has 1 aromatic heterocycles. The number of carbonyl (C=O) groups excluding carboxylic acids is 1. The molecule has 0 radical (unpaired) electrons. The monoisotopic (exact) mass is 201 g/mol. The van der Waals surface area contributed by atoms with Gasteiger partial charge in [-0.05, 0) is 6.07 Å². The van der Waals surface area contributed by atoms with Crippen LogP contribution in [-0.4, -0.2) is 10.8 Å². The zero-order chi connectivity index (χ0) is 10.7. The van der Waals surface area contributed by atoms with Crippen molar-refractivity contribution in [2.45, 2.75) is 13.3 Å². The summed E-state index contributed by atoms with van der Waals surface area (Å²) in [5.74, 6) is 0.594. The lowest BCUT2D eigenvalue weighted by molar-refractivity contribution is 0.0988. The van der Waals surface area contributed by atoms with E-state index in [0.717, 1.165) is 5.56 Å². The van der Waals surface area contributed by atoms with E-state index in [4.69, 9.17) is 4.42 Å². The van der Waals surface area contributed by atoms with Crippen LogP contribution in [0, 0.1) is 0 Å². The molecule has 0 N–H and O–H groups in total. The third-order valence-corrected chi connectivity index (χ3v) is 2.21. The second-order valence-corrected chi connectivity index (χ2v) is 3.16. The zero-order valence-electron chi connectivity index (χ0n) is 8.43. The van der Waals surface area contributed by atoms with Gasteiger partial charge in [0.15, 0.2) is 5.78 Å². The van der Waals surface area contributed by atoms with Gasteiger partial charge in [0.05, 0.1) is 6.20 Å². The van der Waals surface area contributed by atoms with Crippen molar-refractivity contribution in [1.29, 1.82) is 0 Å². The van der Waals surface area contributed by atoms with E-state index in [-0.39, 0.29) is 5.78 Å². The van der Waals surface area contributed by atoms with Crippen LogP contribution >= 0.6 is 0 Å². The second-order valence-electron chi connectivity index (χ2n) is 3.16. The molecule has 3 heteroatoms. The molecule has 0 aliphatic rings. The van der Waals surface area contributed by atoms with Gasteiger partial charge in [-0.1, -0.05) is 25.1 Å². The highest BCUT2D eigenvalue weighted by atomic mass is 16.3. The maximum atomic E-state index is 11.7. The van der Waals surface area contributed by atoms with Crippen molar-refractivity contribution in [3.63, 3.8) is 0 Å². The molecule has 0 aliphatic carbocycles. The molecule has 2 rings (SSSR count). The Morgan fingerprint density at radius 1 is 1.40 bits per heavy atom. The van der Waals surface area contributed by atoms with Crippen LogP contribution in [0.3, 0.4) is 0 Å². The minimum Gasteiger partial charge on any atom is -0.445 e. The molecule has 76 valence electrons. The minimum atomic E-state index is 0.101. The number of carbonyl (C=O) groups is 1. The Bertz CT molecular complexity index is 460. The average Bonchev–Trinajstić information content (AvgIpc) is 2.81. The van der Waals surface area contributed by atoms with Crippen molar-refractivity contribution in [3.05, 3.63) is 42.3 Å². The molecule has 1 heterocycles. The highest BCUT2D eigenvalue weighted by molar-refractivity contribution is 6.01. The van der Waals surface area contributed by atoms with Crippen molar-refractivity contribution < 1.29 is 9.21 Å². The van der Waals surface area contributed by atoms with Crippen molar-refractivity contribution in [1.82, 2.24) is 4.98 Å². The van der Waals surface area contributed by atoms with Crippen LogP contribution in [0.4, 0.5) is 0 Å². The smallest absolute Gasteiger partial charge is 0.226 e. The van der Waals surface area contributed by atoms with Crippen LogP contribution in [0.15, 0.2) is 41.1 Å². The molecule has 0 atom stereocenters. The summed E-state index contributed by atoms with van der Waals surface area (Å²) < 4.78 is 5.19. The van der Waals surface area contributed by atoms with Gasteiger partial charge in [0.2, 0.25) is 5.89 Å². The van der Waals surface area contributed by atoms with Gasteiger partial charge in [0.25, 0.3) is 0 Å². The first kappa shape index (κ1) is 9.65. The summed E-state index contributed by atoms with van der Waals surface area (Å²) in [6.45, 7) is 1.84. The van der Waals surface area contributed by atoms with Crippen molar-refractivity contribution in [3.8, 4) is 11.5 Å². The topological polar surface area (TPSA) is 43.1 Å². The molecule has 15 heavy (non-hydrogen) atoms. The van der Waals surface area contributed by atoms with Crippen LogP contribution < -0.4 is 0 Å². The Labute approximate surface area is 87.8 Å². The van der Waals surface area contributed by atoms with Crippen molar-refractivity contribution >= 4 is 5.78 Å². The molecular weight excluding hydrogens is 190 g/mol. The van der Waals surface area contributed by atoms with Gasteiger partial charge in [0.1, 0.15) is 6.26 Å². The van der Waals surface area contributed by atoms with E-state index >= 15 is 0 Å². The van der Waals surface area contributed by atoms with E-state index in [1.54, 1.807) is 12.3 Å². The molecule has 2 aromatic rings. The minimum absolute atomic E-state index is 0.101. The summed E-state index contributed by atoms with van der Waals surface area (Å²) in [7, 11) is 0. The van der Waals surface area contributed by atoms with Gasteiger partial charge < -0.3 is 4.42 Å². The number of aromatic nitrogens is 1. The molecule has 0 unspecified atom stereocenters. The SMILES string of the molecule is CCC(=O)c1ccccc1-c1ncco1. The first-order valence-electron chi connectivity index (χ1n) is 4.85. The number of nitrogens with zero attached hydrogens (tertiary/aromatic N) is 1. The number of rotatable bonds is 3. The van der Waals surface area contributed by atoms with Crippen LogP contribution in [0.1, 0.15) is 23.7 Å². The number of ketones is 1. The van der Waals surface area contributed by atoms with E-state index in [2.05, 4.69) is 4.98 Å². The Hall–Kier alpha value is -1.90. The lowest BCUT2D eigenvalue weighted by Gasteiger charge is -2.03. The summed E-state index contributed by atoms with van der Waals surface area (Å²) in [4.78, 5) is 15.7. The summed E-state index contributed by atoms with van der Waals surface area (Å²) in [5.41, 5.74) is 1.43. The second kappa shape index (κ2) is 4.09. The van der Waals surface area contributed by atoms with Crippen molar-refractivity contribution in [2.75, 3.05) is 0 Å². The number of benzene rings is 1. The number of oxazole rings is 1. The molecule has 1 aromatic carbocycles. The zero-order valence-corrected chi connectivity index (χ0v) is 8.43. The van der Waals surface area contributed by atoms with E-state index in [0.29, 0.717) is 17.9 Å². The standard InChI is InChI=1S/C12H11NO2/c1-2-11(14)9-5-3-4-6-10(9)12-13-7-8-15-12/h3-8H,2H2,1H3. The van der Waals surface area contributed by atoms with Gasteiger partial charge in [-0.3, -0.25) is 4.79 Å². The third kappa shape index (κ3) is 1.81. The lowest BCUT2D eigenvalue weighted by Crippen LogP contribution is -1.99. The molecule has 0 saturated carbocycles. The first-order valence-corrected chi connectivity index (χ1v) is 4.85. The Balaban J connectivity index is 2.52. The van der Waals surface area contributed by atoms with Crippen molar-refractivity contribution in [2.24, 2.45) is 0 Å². The van der Waals surface area contributed by atoms with Crippen LogP contribution in [0.2, 0.25) is 0 Å². The maximum absolute atomic E-state index is 11.7. The first-order chi connectivity index (χ1) is 7.33. The Morgan fingerprint density at radius 2 is 2.20 bits per heavy atom. The van der Waals surface area contributed by atoms with E-state index in [9.17, 15) is 4.79 Å². The van der Waals surface area contributed by atoms with E-state index in [1.165, 1.54) is 6.26 Å². The number of Topliss-reactive ketones (excluding diaryl/α,β-unsaturated/α-hetero) is 1. The molecule has 0 spiro atoms. The van der Waals surface area contributed by atoms with Gasteiger partial charge in [-0.25, -0.2) is 4.98 Å². The number of hydrogen-bond acceptors (Lipinski definition) is 3. The van der Waals surface area contributed by atoms with Gasteiger partial charge >= 0.3 is 0 Å². The Morgan fingerprint density at radius 3 is 2.87 bits per heavy atom. The average molecular weight is 201 g/mol. The number of hydrogen-bond donors (Lipinski definition) is 0. The van der Waals surface area contributed by atoms with Gasteiger partial charge in [0, 0.05) is 17.5 Å². The lowest BCUT2D eigenvalue weighted by atomic mass is 10.0.